The lowest BCUT2D eigenvalue weighted by Crippen LogP contribution is -2.45. The molecule has 0 bridgehead atoms. The number of furan rings is 2. The summed E-state index contributed by atoms with van der Waals surface area (Å²) in [6.07, 6.45) is 12.0. The average Bonchev–Trinajstić information content (AvgIpc) is 0.874. The van der Waals surface area contributed by atoms with Crippen LogP contribution in [-0.2, 0) is 26.4 Å². The van der Waals surface area contributed by atoms with Crippen molar-refractivity contribution in [1.29, 1.82) is 0 Å². The highest BCUT2D eigenvalue weighted by Gasteiger charge is 2.26. The van der Waals surface area contributed by atoms with Crippen LogP contribution < -0.4 is 61.5 Å². The lowest BCUT2D eigenvalue weighted by atomic mass is 10.1. The monoisotopic (exact) mass is 1780 g/mol. The second-order valence-corrected chi connectivity index (χ2v) is 34.2. The van der Waals surface area contributed by atoms with Crippen molar-refractivity contribution in [2.45, 2.75) is 72.5 Å². The molecule has 0 radical (unpaired) electrons. The van der Waals surface area contributed by atoms with E-state index < -0.39 is 23.6 Å². The quantitative estimate of drug-likeness (QED) is 0.0316. The van der Waals surface area contributed by atoms with E-state index in [1.54, 1.807) is 117 Å². The first kappa shape index (κ1) is 91.0. The molecule has 0 aliphatic carbocycles. The Kier molecular flexibility index (Phi) is 32.3. The number of halogens is 1. The summed E-state index contributed by atoms with van der Waals surface area (Å²) in [5, 5.41) is 0. The molecule has 0 unspecified atom stereocenters. The van der Waals surface area contributed by atoms with Crippen molar-refractivity contribution in [2.75, 3.05) is 153 Å². The number of carbonyl (C=O) groups excluding carboxylic acids is 5. The summed E-state index contributed by atoms with van der Waals surface area (Å²) >= 11 is 5.83. The number of nitrogens with zero attached hydrogens (tertiary/aromatic N) is 16. The van der Waals surface area contributed by atoms with E-state index in [0.29, 0.717) is 81.7 Å². The van der Waals surface area contributed by atoms with Gasteiger partial charge in [0.2, 0.25) is 70.9 Å². The summed E-state index contributed by atoms with van der Waals surface area (Å²) in [5.74, 6) is 3.14. The minimum absolute atomic E-state index is 0.0110. The molecule has 0 spiro atoms. The number of nitrogens with two attached hydrogens (primary N) is 4. The SMILES string of the molecule is CC(=O)c1cccc(COc2nc(N3CCN(C)CC3)ncc2Sc2ccc(C(N)=O)cc2)c1.CN1CCN(c2ncc(Sc3ccc(C(N)=O)cc3)c(OCc3ccc(F)cc3)n2)CC1.CN1CCN(c2ncc(Sc3ccc(C(N)=O)cc3)c(OCc3ccco3)n2)CC1.CN1CCN(c2ncc(Sc3ccc(C(N)=O)cc3)c(OCc3ccoc3)n2)CC1. The van der Waals surface area contributed by atoms with E-state index in [0.717, 1.165) is 166 Å². The number of piperazine rings is 4. The Labute approximate surface area is 746 Å². The predicted octanol–water partition coefficient (Wildman–Crippen LogP) is 11.8. The van der Waals surface area contributed by atoms with Crippen LogP contribution in [0.2, 0.25) is 0 Å². The van der Waals surface area contributed by atoms with Gasteiger partial charge in [-0.2, -0.15) is 19.9 Å². The molecule has 654 valence electrons. The molecule has 4 saturated heterocycles. The Morgan fingerprint density at radius 1 is 0.357 bits per heavy atom. The van der Waals surface area contributed by atoms with Gasteiger partial charge in [0.15, 0.2) is 5.78 Å². The topological polar surface area (TPSA) is 382 Å². The van der Waals surface area contributed by atoms with Crippen LogP contribution in [0.3, 0.4) is 0 Å². The molecule has 31 nitrogen and oxygen atoms in total. The fourth-order valence-electron chi connectivity index (χ4n) is 12.8. The first-order valence-corrected chi connectivity index (χ1v) is 43.7. The van der Waals surface area contributed by atoms with E-state index in [1.807, 2.05) is 84.9 Å². The standard InChI is InChI=1S/C25H27N5O3S.C23H24FN5O2S.2C21H23N5O3S/c1-17(31)20-5-3-4-18(14-20)16-33-24-22(34-21-8-6-19(7-9-21)23(26)32)15-27-25(28-24)30-12-10-29(2)11-13-30;1-28-10-12-29(13-11-28)23-26-14-20(32-19-8-4-17(5-9-19)21(25)30)22(27-23)31-15-16-2-6-18(24)7-3-16;1-25-7-9-26(10-8-25)21-23-12-18(20(24-21)29-14-15-6-11-28-13-15)30-17-4-2-16(3-5-17)19(22)27;1-25-8-10-26(11-9-25)21-23-13-18(20(24-21)29-14-16-3-2-12-28-16)30-17-6-4-15(5-7-17)19(22)27/h3-9,14-15H,10-13,16H2,1-2H3,(H2,26,32);2-9,14H,10-13,15H2,1H3,(H2,25,30);2-6,11-13H,7-10,14H2,1H3,(H2,22,27);2-7,12-13H,8-11,14H2,1H3,(H2,22,27). The zero-order valence-corrected chi connectivity index (χ0v) is 73.5. The number of primary amides is 4. The molecule has 8 N–H and O–H groups in total. The maximum Gasteiger partial charge on any atom is 0.248 e. The molecule has 10 heterocycles. The van der Waals surface area contributed by atoms with Crippen LogP contribution in [0.25, 0.3) is 0 Å². The second-order valence-electron chi connectivity index (χ2n) is 29.7. The normalized spacial score (nSPS) is 14.4. The van der Waals surface area contributed by atoms with Crippen LogP contribution in [0.1, 0.15) is 81.2 Å². The minimum atomic E-state index is -0.468. The van der Waals surface area contributed by atoms with Gasteiger partial charge >= 0.3 is 0 Å². The molecule has 36 heteroatoms. The highest BCUT2D eigenvalue weighted by atomic mass is 32.2. The van der Waals surface area contributed by atoms with Crippen LogP contribution in [0.15, 0.2) is 255 Å². The number of benzene rings is 6. The van der Waals surface area contributed by atoms with Crippen molar-refractivity contribution in [2.24, 2.45) is 22.9 Å². The third-order valence-corrected chi connectivity index (χ3v) is 24.4. The van der Waals surface area contributed by atoms with Gasteiger partial charge in [-0.15, -0.1) is 0 Å². The second kappa shape index (κ2) is 44.8. The largest absolute Gasteiger partial charge is 0.472 e. The van der Waals surface area contributed by atoms with Crippen molar-refractivity contribution in [3.8, 4) is 23.5 Å². The molecule has 4 fully saturated rings. The van der Waals surface area contributed by atoms with Crippen LogP contribution in [0.4, 0.5) is 28.2 Å². The summed E-state index contributed by atoms with van der Waals surface area (Å²) in [6, 6.07) is 47.4. The molecule has 0 saturated carbocycles. The Morgan fingerprint density at radius 2 is 0.675 bits per heavy atom. The fourth-order valence-corrected chi connectivity index (χ4v) is 16.1. The number of aromatic nitrogens is 8. The number of carbonyl (C=O) groups is 5. The van der Waals surface area contributed by atoms with Crippen molar-refractivity contribution in [3.63, 3.8) is 0 Å². The van der Waals surface area contributed by atoms with Crippen LogP contribution in [0.5, 0.6) is 23.5 Å². The summed E-state index contributed by atoms with van der Waals surface area (Å²) in [4.78, 5) is 119. The Hall–Kier alpha value is -12.7. The van der Waals surface area contributed by atoms with Crippen molar-refractivity contribution in [1.82, 2.24) is 59.5 Å². The molecule has 4 aliphatic rings. The van der Waals surface area contributed by atoms with E-state index in [4.69, 9.17) is 70.7 Å². The number of ketones is 1. The van der Waals surface area contributed by atoms with E-state index in [9.17, 15) is 28.4 Å². The number of anilines is 4. The van der Waals surface area contributed by atoms with Crippen molar-refractivity contribution in [3.05, 3.63) is 263 Å². The molecule has 6 aromatic heterocycles. The first-order chi connectivity index (χ1) is 61.0. The molecule has 0 atom stereocenters. The van der Waals surface area contributed by atoms with Gasteiger partial charge in [0, 0.05) is 158 Å². The van der Waals surface area contributed by atoms with Crippen LogP contribution in [-0.4, -0.2) is 222 Å². The Morgan fingerprint density at radius 3 is 0.968 bits per heavy atom. The third kappa shape index (κ3) is 26.7. The average molecular weight is 1780 g/mol. The number of hydrogen-bond donors (Lipinski definition) is 4. The van der Waals surface area contributed by atoms with Gasteiger partial charge in [-0.1, -0.05) is 77.4 Å². The Balaban J connectivity index is 0.000000144. The van der Waals surface area contributed by atoms with E-state index in [-0.39, 0.29) is 31.4 Å². The van der Waals surface area contributed by atoms with Gasteiger partial charge in [-0.05, 0) is 180 Å². The van der Waals surface area contributed by atoms with Gasteiger partial charge in [-0.3, -0.25) is 24.0 Å². The molecular weight excluding hydrogens is 1680 g/mol. The highest BCUT2D eigenvalue weighted by molar-refractivity contribution is 8.00. The lowest BCUT2D eigenvalue weighted by Gasteiger charge is -2.32. The molecule has 4 aliphatic heterocycles. The summed E-state index contributed by atoms with van der Waals surface area (Å²) in [7, 11) is 8.42. The molecular formula is C90H97FN20O11S4. The minimum Gasteiger partial charge on any atom is -0.472 e. The number of Topliss-reactive ketones (excluding diaryl/α,β-unsaturated/α-hetero) is 1. The number of rotatable bonds is 29. The highest BCUT2D eigenvalue weighted by Crippen LogP contribution is 2.40. The zero-order valence-electron chi connectivity index (χ0n) is 70.2. The molecule has 4 amide bonds. The molecule has 12 aromatic rings. The summed E-state index contributed by atoms with van der Waals surface area (Å²) in [5.41, 5.74) is 26.4. The predicted molar refractivity (Wildman–Crippen MR) is 481 cm³/mol. The van der Waals surface area contributed by atoms with Crippen molar-refractivity contribution >= 4 is 100 Å². The maximum absolute atomic E-state index is 13.2. The number of likely N-dealkylation sites (N-methyl/N-ethyl adjacent to an activating group) is 4. The molecule has 16 rings (SSSR count). The lowest BCUT2D eigenvalue weighted by molar-refractivity contribution is 0.0992. The van der Waals surface area contributed by atoms with E-state index >= 15 is 0 Å². The van der Waals surface area contributed by atoms with E-state index in [2.05, 4.69) is 87.3 Å². The smallest absolute Gasteiger partial charge is 0.248 e. The third-order valence-electron chi connectivity index (χ3n) is 20.3. The zero-order chi connectivity index (χ0) is 88.4. The van der Waals surface area contributed by atoms with Gasteiger partial charge in [0.1, 0.15) is 38.0 Å². The van der Waals surface area contributed by atoms with Crippen LogP contribution >= 0.6 is 47.0 Å². The number of amides is 4. The van der Waals surface area contributed by atoms with Gasteiger partial charge < -0.3 is 89.9 Å². The van der Waals surface area contributed by atoms with Crippen LogP contribution in [0, 0.1) is 5.82 Å². The first-order valence-electron chi connectivity index (χ1n) is 40.5. The number of ether oxygens (including phenoxy) is 4. The van der Waals surface area contributed by atoms with Gasteiger partial charge in [0.25, 0.3) is 0 Å². The van der Waals surface area contributed by atoms with Gasteiger partial charge in [0.05, 0.1) is 63.2 Å². The maximum atomic E-state index is 13.2. The number of hydrogen-bond acceptors (Lipinski definition) is 31. The summed E-state index contributed by atoms with van der Waals surface area (Å²) in [6.45, 7) is 17.2. The van der Waals surface area contributed by atoms with Crippen molar-refractivity contribution < 1.29 is 56.1 Å². The molecule has 126 heavy (non-hydrogen) atoms. The summed E-state index contributed by atoms with van der Waals surface area (Å²) < 4.78 is 47.9. The fraction of sp³-hybridized carbons (Fsp3) is 0.278. The Bertz CT molecular complexity index is 5430. The molecule has 6 aromatic carbocycles. The van der Waals surface area contributed by atoms with Gasteiger partial charge in [-0.25, -0.2) is 24.3 Å². The van der Waals surface area contributed by atoms with E-state index in [1.165, 1.54) is 59.2 Å².